The summed E-state index contributed by atoms with van der Waals surface area (Å²) < 4.78 is 0. The van der Waals surface area contributed by atoms with E-state index in [9.17, 15) is 4.79 Å². The first kappa shape index (κ1) is 11.9. The number of benzene rings is 1. The van der Waals surface area contributed by atoms with Gasteiger partial charge in [-0.3, -0.25) is 4.79 Å². The highest BCUT2D eigenvalue weighted by atomic mass is 16.2. The number of nitrogens with two attached hydrogens (primary N) is 1. The van der Waals surface area contributed by atoms with Crippen molar-refractivity contribution >= 4 is 22.5 Å². The van der Waals surface area contributed by atoms with Crippen LogP contribution in [-0.4, -0.2) is 42.0 Å². The average Bonchev–Trinajstić information content (AvgIpc) is 2.47. The zero-order valence-electron chi connectivity index (χ0n) is 10.6. The third-order valence-corrected chi connectivity index (χ3v) is 3.37. The summed E-state index contributed by atoms with van der Waals surface area (Å²) in [6.07, 6.45) is 0. The third-order valence-electron chi connectivity index (χ3n) is 3.37. The lowest BCUT2D eigenvalue weighted by Crippen LogP contribution is -2.46. The number of anilines is 1. The Morgan fingerprint density at radius 3 is 2.79 bits per heavy atom. The largest absolute Gasteiger partial charge is 0.398 e. The molecule has 19 heavy (non-hydrogen) atoms. The van der Waals surface area contributed by atoms with Gasteiger partial charge in [0, 0.05) is 37.3 Å². The van der Waals surface area contributed by atoms with Crippen LogP contribution in [0.5, 0.6) is 0 Å². The second-order valence-electron chi connectivity index (χ2n) is 4.66. The molecule has 98 valence electrons. The Morgan fingerprint density at radius 2 is 2.00 bits per heavy atom. The predicted octanol–water partition coefficient (Wildman–Crippen LogP) is 0.862. The van der Waals surface area contributed by atoms with Crippen molar-refractivity contribution in [2.45, 2.75) is 0 Å². The highest BCUT2D eigenvalue weighted by Gasteiger charge is 2.19. The molecule has 1 aromatic carbocycles. The van der Waals surface area contributed by atoms with Gasteiger partial charge in [0.15, 0.2) is 0 Å². The van der Waals surface area contributed by atoms with E-state index in [4.69, 9.17) is 5.73 Å². The van der Waals surface area contributed by atoms with Crippen LogP contribution in [0.2, 0.25) is 0 Å². The first-order valence-corrected chi connectivity index (χ1v) is 6.41. The quantitative estimate of drug-likeness (QED) is 0.794. The summed E-state index contributed by atoms with van der Waals surface area (Å²) in [5.74, 6) is -0.0426. The molecule has 1 fully saturated rings. The standard InChI is InChI=1S/C14H16N4O/c15-11-9-13(14(19)18-7-5-16-6-8-18)17-12-4-2-1-3-10(11)12/h1-4,9,16H,5-8H2,(H2,15,17). The van der Waals surface area contributed by atoms with Gasteiger partial charge in [0.1, 0.15) is 5.69 Å². The number of aromatic nitrogens is 1. The molecule has 2 heterocycles. The fourth-order valence-corrected chi connectivity index (χ4v) is 2.34. The van der Waals surface area contributed by atoms with Crippen molar-refractivity contribution in [3.63, 3.8) is 0 Å². The molecule has 5 nitrogen and oxygen atoms in total. The van der Waals surface area contributed by atoms with E-state index >= 15 is 0 Å². The van der Waals surface area contributed by atoms with Crippen LogP contribution in [0.15, 0.2) is 30.3 Å². The normalized spacial score (nSPS) is 15.7. The van der Waals surface area contributed by atoms with E-state index < -0.39 is 0 Å². The van der Waals surface area contributed by atoms with E-state index in [1.165, 1.54) is 0 Å². The number of amides is 1. The van der Waals surface area contributed by atoms with Gasteiger partial charge in [0.2, 0.25) is 0 Å². The van der Waals surface area contributed by atoms with Crippen molar-refractivity contribution in [3.05, 3.63) is 36.0 Å². The molecule has 0 unspecified atom stereocenters. The van der Waals surface area contributed by atoms with Crippen molar-refractivity contribution in [3.8, 4) is 0 Å². The molecule has 2 aromatic rings. The van der Waals surface area contributed by atoms with Crippen molar-refractivity contribution in [2.75, 3.05) is 31.9 Å². The molecule has 1 aromatic heterocycles. The van der Waals surface area contributed by atoms with E-state index in [-0.39, 0.29) is 5.91 Å². The minimum absolute atomic E-state index is 0.0426. The number of piperazine rings is 1. The van der Waals surface area contributed by atoms with Crippen LogP contribution < -0.4 is 11.1 Å². The Bertz CT molecular complexity index is 620. The molecule has 3 N–H and O–H groups in total. The summed E-state index contributed by atoms with van der Waals surface area (Å²) >= 11 is 0. The van der Waals surface area contributed by atoms with Crippen molar-refractivity contribution in [2.24, 2.45) is 0 Å². The molecule has 1 aliphatic rings. The number of nitrogens with one attached hydrogen (secondary N) is 1. The van der Waals surface area contributed by atoms with Crippen LogP contribution in [0.1, 0.15) is 10.5 Å². The second kappa shape index (κ2) is 4.85. The SMILES string of the molecule is Nc1cc(C(=O)N2CCNCC2)nc2ccccc12. The van der Waals surface area contributed by atoms with Crippen LogP contribution in [0.25, 0.3) is 10.9 Å². The Morgan fingerprint density at radius 1 is 1.26 bits per heavy atom. The summed E-state index contributed by atoms with van der Waals surface area (Å²) in [5.41, 5.74) is 7.80. The molecule has 5 heteroatoms. The molecule has 0 saturated carbocycles. The Labute approximate surface area is 111 Å². The van der Waals surface area contributed by atoms with E-state index in [1.54, 1.807) is 6.07 Å². The summed E-state index contributed by atoms with van der Waals surface area (Å²) in [4.78, 5) is 18.6. The zero-order valence-corrected chi connectivity index (χ0v) is 10.6. The lowest BCUT2D eigenvalue weighted by molar-refractivity contribution is 0.0730. The number of fused-ring (bicyclic) bond motifs is 1. The number of hydrogen-bond donors (Lipinski definition) is 2. The molecule has 0 bridgehead atoms. The first-order chi connectivity index (χ1) is 9.25. The van der Waals surface area contributed by atoms with Gasteiger partial charge >= 0.3 is 0 Å². The first-order valence-electron chi connectivity index (χ1n) is 6.41. The fourth-order valence-electron chi connectivity index (χ4n) is 2.34. The van der Waals surface area contributed by atoms with Gasteiger partial charge in [-0.15, -0.1) is 0 Å². The fraction of sp³-hybridized carbons (Fsp3) is 0.286. The molecule has 0 atom stereocenters. The van der Waals surface area contributed by atoms with E-state index in [0.29, 0.717) is 24.5 Å². The highest BCUT2D eigenvalue weighted by molar-refractivity contribution is 5.99. The summed E-state index contributed by atoms with van der Waals surface area (Å²) in [5, 5.41) is 4.11. The summed E-state index contributed by atoms with van der Waals surface area (Å²) in [6, 6.07) is 9.27. The number of pyridine rings is 1. The summed E-state index contributed by atoms with van der Waals surface area (Å²) in [6.45, 7) is 3.09. The monoisotopic (exact) mass is 256 g/mol. The molecule has 3 rings (SSSR count). The number of para-hydroxylation sites is 1. The Hall–Kier alpha value is -2.14. The topological polar surface area (TPSA) is 71.2 Å². The van der Waals surface area contributed by atoms with Gasteiger partial charge in [-0.05, 0) is 12.1 Å². The number of carbonyl (C=O) groups excluding carboxylic acids is 1. The number of hydrogen-bond acceptors (Lipinski definition) is 4. The van der Waals surface area contributed by atoms with E-state index in [2.05, 4.69) is 10.3 Å². The smallest absolute Gasteiger partial charge is 0.272 e. The molecule has 1 amide bonds. The third kappa shape index (κ3) is 2.24. The number of nitrogens with zero attached hydrogens (tertiary/aromatic N) is 2. The molecule has 1 saturated heterocycles. The van der Waals surface area contributed by atoms with Crippen LogP contribution in [0, 0.1) is 0 Å². The lowest BCUT2D eigenvalue weighted by Gasteiger charge is -2.27. The molecule has 0 spiro atoms. The minimum atomic E-state index is -0.0426. The van der Waals surface area contributed by atoms with Crippen molar-refractivity contribution < 1.29 is 4.79 Å². The molecular formula is C14H16N4O. The Balaban J connectivity index is 1.98. The average molecular weight is 256 g/mol. The van der Waals surface area contributed by atoms with Gasteiger partial charge in [-0.2, -0.15) is 0 Å². The number of rotatable bonds is 1. The van der Waals surface area contributed by atoms with Gasteiger partial charge < -0.3 is 16.0 Å². The highest BCUT2D eigenvalue weighted by Crippen LogP contribution is 2.20. The lowest BCUT2D eigenvalue weighted by atomic mass is 10.1. The number of carbonyl (C=O) groups is 1. The minimum Gasteiger partial charge on any atom is -0.398 e. The van der Waals surface area contributed by atoms with Crippen molar-refractivity contribution in [1.82, 2.24) is 15.2 Å². The van der Waals surface area contributed by atoms with Gasteiger partial charge in [-0.25, -0.2) is 4.98 Å². The summed E-state index contributed by atoms with van der Waals surface area (Å²) in [7, 11) is 0. The molecule has 0 aliphatic carbocycles. The maximum Gasteiger partial charge on any atom is 0.272 e. The van der Waals surface area contributed by atoms with Gasteiger partial charge in [0.25, 0.3) is 5.91 Å². The predicted molar refractivity (Wildman–Crippen MR) is 74.9 cm³/mol. The van der Waals surface area contributed by atoms with Gasteiger partial charge in [-0.1, -0.05) is 18.2 Å². The zero-order chi connectivity index (χ0) is 13.2. The van der Waals surface area contributed by atoms with E-state index in [1.807, 2.05) is 29.2 Å². The second-order valence-corrected chi connectivity index (χ2v) is 4.66. The van der Waals surface area contributed by atoms with Crippen LogP contribution in [0.4, 0.5) is 5.69 Å². The van der Waals surface area contributed by atoms with Gasteiger partial charge in [0.05, 0.1) is 5.52 Å². The molecule has 0 radical (unpaired) electrons. The van der Waals surface area contributed by atoms with Crippen LogP contribution in [0.3, 0.4) is 0 Å². The number of nitrogen functional groups attached to an aromatic ring is 1. The van der Waals surface area contributed by atoms with E-state index in [0.717, 1.165) is 24.0 Å². The molecule has 1 aliphatic heterocycles. The van der Waals surface area contributed by atoms with Crippen LogP contribution in [-0.2, 0) is 0 Å². The maximum atomic E-state index is 12.4. The van der Waals surface area contributed by atoms with Crippen LogP contribution >= 0.6 is 0 Å². The molecular weight excluding hydrogens is 240 g/mol. The van der Waals surface area contributed by atoms with Crippen molar-refractivity contribution in [1.29, 1.82) is 0 Å². The Kier molecular flexibility index (Phi) is 3.05. The maximum absolute atomic E-state index is 12.4.